The first kappa shape index (κ1) is 29.5. The number of nitrogens with zero attached hydrogens (tertiary/aromatic N) is 4. The van der Waals surface area contributed by atoms with Crippen LogP contribution in [0.4, 0.5) is 0 Å². The molecule has 2 aromatic carbocycles. The van der Waals surface area contributed by atoms with Gasteiger partial charge in [-0.15, -0.1) is 5.10 Å². The normalized spacial score (nSPS) is 11.9. The largest absolute Gasteiger partial charge is 0.461 e. The van der Waals surface area contributed by atoms with Gasteiger partial charge in [0.05, 0.1) is 24.5 Å². The summed E-state index contributed by atoms with van der Waals surface area (Å²) in [4.78, 5) is 47.4. The number of carbonyl (C=O) groups is 2. The zero-order chi connectivity index (χ0) is 30.3. The number of aromatic nitrogens is 6. The highest BCUT2D eigenvalue weighted by molar-refractivity contribution is 6.32. The van der Waals surface area contributed by atoms with E-state index in [2.05, 4.69) is 30.6 Å². The molecule has 0 saturated carbocycles. The van der Waals surface area contributed by atoms with E-state index in [1.165, 1.54) is 29.2 Å². The van der Waals surface area contributed by atoms with E-state index < -0.39 is 17.9 Å². The van der Waals surface area contributed by atoms with E-state index in [1.54, 1.807) is 37.3 Å². The Kier molecular flexibility index (Phi) is 9.14. The first-order valence-corrected chi connectivity index (χ1v) is 13.9. The summed E-state index contributed by atoms with van der Waals surface area (Å²) in [6.07, 6.45) is 6.30. The number of halogens is 2. The van der Waals surface area contributed by atoms with Crippen molar-refractivity contribution in [2.45, 2.75) is 19.4 Å². The summed E-state index contributed by atoms with van der Waals surface area (Å²) in [6, 6.07) is 17.1. The smallest absolute Gasteiger partial charge is 0.360 e. The molecule has 0 spiro atoms. The summed E-state index contributed by atoms with van der Waals surface area (Å²) < 4.78 is 6.39. The van der Waals surface area contributed by atoms with Gasteiger partial charge in [-0.2, -0.15) is 0 Å². The lowest BCUT2D eigenvalue weighted by Gasteiger charge is -2.16. The summed E-state index contributed by atoms with van der Waals surface area (Å²) in [6.45, 7) is 1.91. The highest BCUT2D eigenvalue weighted by Crippen LogP contribution is 2.28. The van der Waals surface area contributed by atoms with Gasteiger partial charge in [0, 0.05) is 34.5 Å². The van der Waals surface area contributed by atoms with Crippen molar-refractivity contribution < 1.29 is 14.3 Å². The minimum atomic E-state index is -0.594. The van der Waals surface area contributed by atoms with Gasteiger partial charge in [-0.3, -0.25) is 9.59 Å². The van der Waals surface area contributed by atoms with Crippen LogP contribution < -0.4 is 10.9 Å². The number of pyridine rings is 1. The van der Waals surface area contributed by atoms with Crippen LogP contribution in [0.2, 0.25) is 10.2 Å². The summed E-state index contributed by atoms with van der Waals surface area (Å²) in [5.74, 6) is -0.588. The predicted octanol–water partition coefficient (Wildman–Crippen LogP) is 4.94. The minimum absolute atomic E-state index is 0.0461. The van der Waals surface area contributed by atoms with Crippen LogP contribution in [0.1, 0.15) is 40.4 Å². The maximum Gasteiger partial charge on any atom is 0.360 e. The second-order valence-corrected chi connectivity index (χ2v) is 10.1. The van der Waals surface area contributed by atoms with Gasteiger partial charge in [-0.25, -0.2) is 14.5 Å². The Bertz CT molecular complexity index is 1850. The monoisotopic (exact) mass is 617 g/mol. The van der Waals surface area contributed by atoms with E-state index in [0.717, 1.165) is 5.56 Å². The van der Waals surface area contributed by atoms with Gasteiger partial charge < -0.3 is 20.0 Å². The quantitative estimate of drug-likeness (QED) is 0.148. The van der Waals surface area contributed by atoms with Crippen LogP contribution in [0.25, 0.3) is 23.0 Å². The van der Waals surface area contributed by atoms with Crippen LogP contribution in [-0.2, 0) is 16.0 Å². The van der Waals surface area contributed by atoms with Crippen molar-refractivity contribution in [2.75, 3.05) is 6.61 Å². The van der Waals surface area contributed by atoms with E-state index >= 15 is 0 Å². The van der Waals surface area contributed by atoms with Gasteiger partial charge in [0.2, 0.25) is 11.5 Å². The molecule has 43 heavy (non-hydrogen) atoms. The molecule has 0 unspecified atom stereocenters. The summed E-state index contributed by atoms with van der Waals surface area (Å²) in [7, 11) is 0. The standard InChI is InChI=1S/C30H25Cl2N7O4/c1-2-43-30(42)23-17-39(38-37-23)24-10-9-21(31)15-19(24)8-11-25(40)34-22(14-18-6-4-3-5-7-18)29-35-27(28(32)36-29)20-12-13-33-26(41)16-20/h3-13,15-17,22H,2,14H2,1H3,(H,33,41)(H,34,40)(H,35,36)/b11-8+/t22-/m0/s1. The van der Waals surface area contributed by atoms with Crippen LogP contribution in [0.5, 0.6) is 0 Å². The second kappa shape index (κ2) is 13.3. The third-order valence-corrected chi connectivity index (χ3v) is 6.79. The Morgan fingerprint density at radius 1 is 1.12 bits per heavy atom. The molecular formula is C30H25Cl2N7O4. The molecule has 0 fully saturated rings. The summed E-state index contributed by atoms with van der Waals surface area (Å²) >= 11 is 12.7. The molecule has 0 saturated heterocycles. The average Bonchev–Trinajstić information content (AvgIpc) is 3.64. The number of ether oxygens (including phenoxy) is 1. The number of hydrogen-bond donors (Lipinski definition) is 3. The lowest BCUT2D eigenvalue weighted by molar-refractivity contribution is -0.117. The molecule has 13 heteroatoms. The number of carbonyl (C=O) groups excluding carboxylic acids is 2. The molecule has 3 N–H and O–H groups in total. The fraction of sp³-hybridized carbons (Fsp3) is 0.133. The highest BCUT2D eigenvalue weighted by atomic mass is 35.5. The fourth-order valence-electron chi connectivity index (χ4n) is 4.32. The van der Waals surface area contributed by atoms with Crippen LogP contribution in [0.15, 0.2) is 83.9 Å². The van der Waals surface area contributed by atoms with E-state index in [-0.39, 0.29) is 23.0 Å². The number of benzene rings is 2. The number of amides is 1. The summed E-state index contributed by atoms with van der Waals surface area (Å²) in [5, 5.41) is 11.6. The lowest BCUT2D eigenvalue weighted by Crippen LogP contribution is -2.29. The van der Waals surface area contributed by atoms with E-state index in [1.807, 2.05) is 30.3 Å². The molecular weight excluding hydrogens is 593 g/mol. The van der Waals surface area contributed by atoms with Crippen molar-refractivity contribution in [3.8, 4) is 16.9 Å². The fourth-order valence-corrected chi connectivity index (χ4v) is 4.74. The Morgan fingerprint density at radius 3 is 2.70 bits per heavy atom. The minimum Gasteiger partial charge on any atom is -0.461 e. The van der Waals surface area contributed by atoms with Gasteiger partial charge >= 0.3 is 5.97 Å². The molecule has 0 aliphatic carbocycles. The molecule has 1 amide bonds. The molecule has 5 rings (SSSR count). The number of aromatic amines is 2. The van der Waals surface area contributed by atoms with E-state index in [0.29, 0.717) is 39.8 Å². The molecule has 3 heterocycles. The van der Waals surface area contributed by atoms with Crippen molar-refractivity contribution in [1.82, 2.24) is 35.3 Å². The molecule has 0 aliphatic heterocycles. The van der Waals surface area contributed by atoms with Crippen molar-refractivity contribution >= 4 is 41.2 Å². The molecule has 1 atom stereocenters. The van der Waals surface area contributed by atoms with Crippen molar-refractivity contribution in [1.29, 1.82) is 0 Å². The van der Waals surface area contributed by atoms with Gasteiger partial charge in [0.1, 0.15) is 16.7 Å². The Labute approximate surface area is 255 Å². The molecule has 5 aromatic rings. The Balaban J connectivity index is 1.41. The van der Waals surface area contributed by atoms with Crippen LogP contribution in [0.3, 0.4) is 0 Å². The number of nitrogens with one attached hydrogen (secondary N) is 3. The average molecular weight is 618 g/mol. The molecule has 11 nitrogen and oxygen atoms in total. The topological polar surface area (TPSA) is 148 Å². The van der Waals surface area contributed by atoms with Crippen LogP contribution in [-0.4, -0.2) is 48.4 Å². The molecule has 218 valence electrons. The van der Waals surface area contributed by atoms with Gasteiger partial charge in [0.25, 0.3) is 0 Å². The number of esters is 1. The Hall–Kier alpha value is -5.00. The zero-order valence-electron chi connectivity index (χ0n) is 22.8. The van der Waals surface area contributed by atoms with Crippen molar-refractivity contribution in [3.05, 3.63) is 122 Å². The maximum atomic E-state index is 13.2. The second-order valence-electron chi connectivity index (χ2n) is 9.28. The third-order valence-electron chi connectivity index (χ3n) is 6.28. The number of H-pyrrole nitrogens is 2. The highest BCUT2D eigenvalue weighted by Gasteiger charge is 2.21. The first-order chi connectivity index (χ1) is 20.8. The SMILES string of the molecule is CCOC(=O)c1cn(-c2ccc(Cl)cc2/C=C/C(=O)N[C@@H](Cc2ccccc2)c2nc(-c3cc[nH]c(=O)c3)c(Cl)[nH]2)nn1. The Morgan fingerprint density at radius 2 is 1.93 bits per heavy atom. The van der Waals surface area contributed by atoms with Crippen molar-refractivity contribution in [3.63, 3.8) is 0 Å². The maximum absolute atomic E-state index is 13.2. The molecule has 0 bridgehead atoms. The predicted molar refractivity (Wildman–Crippen MR) is 162 cm³/mol. The van der Waals surface area contributed by atoms with Crippen LogP contribution >= 0.6 is 23.2 Å². The number of imidazole rings is 1. The van der Waals surface area contributed by atoms with Crippen LogP contribution in [0, 0.1) is 0 Å². The van der Waals surface area contributed by atoms with Gasteiger partial charge in [0.15, 0.2) is 5.69 Å². The van der Waals surface area contributed by atoms with E-state index in [4.69, 9.17) is 27.9 Å². The van der Waals surface area contributed by atoms with Gasteiger partial charge in [-0.1, -0.05) is 58.7 Å². The molecule has 3 aromatic heterocycles. The zero-order valence-corrected chi connectivity index (χ0v) is 24.3. The third kappa shape index (κ3) is 7.26. The number of rotatable bonds is 10. The van der Waals surface area contributed by atoms with E-state index in [9.17, 15) is 14.4 Å². The lowest BCUT2D eigenvalue weighted by atomic mass is 10.1. The van der Waals surface area contributed by atoms with Gasteiger partial charge in [-0.05, 0) is 49.2 Å². The number of hydrogen-bond acceptors (Lipinski definition) is 7. The van der Waals surface area contributed by atoms with Crippen molar-refractivity contribution in [2.24, 2.45) is 0 Å². The first-order valence-electron chi connectivity index (χ1n) is 13.2. The summed E-state index contributed by atoms with van der Waals surface area (Å²) in [5.41, 5.74) is 2.74. The molecule has 0 aliphatic rings. The molecule has 0 radical (unpaired) electrons.